The maximum atomic E-state index is 17.9. The summed E-state index contributed by atoms with van der Waals surface area (Å²) in [7, 11) is 2.73. The average Bonchev–Trinajstić information content (AvgIpc) is 1.14. The van der Waals surface area contributed by atoms with E-state index < -0.39 is 112 Å². The molecule has 1 saturated heterocycles. The zero-order valence-electron chi connectivity index (χ0n) is 57.2. The maximum absolute atomic E-state index is 17.9. The highest BCUT2D eigenvalue weighted by molar-refractivity contribution is 8.05. The molecule has 20 nitrogen and oxygen atoms in total. The van der Waals surface area contributed by atoms with Crippen LogP contribution in [0, 0.1) is 18.6 Å². The number of fused-ring (bicyclic) bond motifs is 2. The second kappa shape index (κ2) is 35.3. The number of aromatic nitrogens is 1. The van der Waals surface area contributed by atoms with E-state index in [4.69, 9.17) is 57.0 Å². The number of carbonyl (C=O) groups is 4. The quantitative estimate of drug-likeness (QED) is 0.00743. The van der Waals surface area contributed by atoms with Gasteiger partial charge in [-0.3, -0.25) is 14.5 Å². The van der Waals surface area contributed by atoms with E-state index in [1.165, 1.54) is 30.9 Å². The number of carbonyl (C=O) groups excluding carboxylic acids is 4. The molecule has 5 heterocycles. The van der Waals surface area contributed by atoms with E-state index in [1.807, 2.05) is 115 Å². The molecule has 4 atom stereocenters. The Balaban J connectivity index is 0.905. The summed E-state index contributed by atoms with van der Waals surface area (Å²) in [5.74, 6) is -6.14. The molecular weight excluding hydrogens is 1390 g/mol. The number of methoxy groups -OCH3 is 3. The number of nitrogens with zero attached hydrogens (tertiary/aromatic N) is 4. The van der Waals surface area contributed by atoms with E-state index in [9.17, 15) is 14.4 Å². The number of aryl methyl sites for hydroxylation is 1. The van der Waals surface area contributed by atoms with Crippen LogP contribution in [0.2, 0.25) is 0 Å². The van der Waals surface area contributed by atoms with Crippen molar-refractivity contribution in [3.8, 4) is 17.2 Å². The summed E-state index contributed by atoms with van der Waals surface area (Å²) in [6.45, 7) is 1.66. The van der Waals surface area contributed by atoms with Crippen molar-refractivity contribution in [2.45, 2.75) is 55.7 Å². The van der Waals surface area contributed by atoms with E-state index in [0.717, 1.165) is 38.5 Å². The lowest BCUT2D eigenvalue weighted by Crippen LogP contribution is -2.70. The van der Waals surface area contributed by atoms with E-state index >= 15 is 13.6 Å². The number of aliphatic imine (C=N–C) groups is 1. The van der Waals surface area contributed by atoms with Crippen LogP contribution in [0.3, 0.4) is 0 Å². The summed E-state index contributed by atoms with van der Waals surface area (Å²) in [6, 6.07) is 57.3. The van der Waals surface area contributed by atoms with Crippen LogP contribution in [-0.4, -0.2) is 112 Å². The van der Waals surface area contributed by atoms with Crippen molar-refractivity contribution in [1.82, 2.24) is 15.5 Å². The molecule has 0 spiro atoms. The van der Waals surface area contributed by atoms with Crippen molar-refractivity contribution in [2.75, 3.05) is 67.1 Å². The first-order valence-corrected chi connectivity index (χ1v) is 36.4. The number of hydrogen-bond donors (Lipinski definition) is 2. The molecule has 9 aromatic rings. The first kappa shape index (κ1) is 73.5. The number of benzene rings is 7. The summed E-state index contributed by atoms with van der Waals surface area (Å²) >= 11 is 3.01. The number of thioether (sulfide) groups is 1. The summed E-state index contributed by atoms with van der Waals surface area (Å²) in [4.78, 5) is 73.3. The third-order valence-electron chi connectivity index (χ3n) is 17.2. The minimum atomic E-state index is -2.21. The summed E-state index contributed by atoms with van der Waals surface area (Å²) in [5, 5.41) is 10.8. The third kappa shape index (κ3) is 17.0. The largest absolute Gasteiger partial charge is 0.497 e. The van der Waals surface area contributed by atoms with Gasteiger partial charge in [0.15, 0.2) is 49.2 Å². The van der Waals surface area contributed by atoms with Crippen molar-refractivity contribution >= 4 is 72.9 Å². The molecule has 0 radical (unpaired) electrons. The number of ether oxygens (including phenoxy) is 9. The lowest BCUT2D eigenvalue weighted by Gasteiger charge is -2.49. The van der Waals surface area contributed by atoms with Crippen LogP contribution < -0.4 is 29.4 Å². The van der Waals surface area contributed by atoms with E-state index in [2.05, 4.69) is 34.3 Å². The smallest absolute Gasteiger partial charge is 0.355 e. The highest BCUT2D eigenvalue weighted by atomic mass is 32.2. The second-order valence-corrected chi connectivity index (χ2v) is 27.3. The van der Waals surface area contributed by atoms with Gasteiger partial charge >= 0.3 is 11.9 Å². The number of hydrogen-bond acceptors (Lipinski definition) is 19. The molecule has 2 N–H and O–H groups in total. The van der Waals surface area contributed by atoms with Crippen molar-refractivity contribution in [1.29, 1.82) is 0 Å². The molecule has 104 heavy (non-hydrogen) atoms. The molecule has 7 aromatic carbocycles. The molecule has 0 bridgehead atoms. The van der Waals surface area contributed by atoms with Crippen LogP contribution >= 0.6 is 23.1 Å². The number of esters is 2. The van der Waals surface area contributed by atoms with Crippen LogP contribution in [-0.2, 0) is 81.8 Å². The maximum Gasteiger partial charge on any atom is 0.355 e. The number of pyridine rings is 1. The van der Waals surface area contributed by atoms with Gasteiger partial charge < -0.3 is 53.3 Å². The van der Waals surface area contributed by atoms with Crippen molar-refractivity contribution in [3.05, 3.63) is 296 Å². The number of nitrogens with one attached hydrogen (secondary N) is 2. The minimum Gasteiger partial charge on any atom is -0.497 e. The van der Waals surface area contributed by atoms with Crippen LogP contribution in [0.4, 0.5) is 8.78 Å². The van der Waals surface area contributed by atoms with Gasteiger partial charge in [0, 0.05) is 47.7 Å². The fourth-order valence-corrected chi connectivity index (χ4v) is 15.6. The van der Waals surface area contributed by atoms with E-state index in [-0.39, 0.29) is 49.6 Å². The van der Waals surface area contributed by atoms with Crippen LogP contribution in [0.1, 0.15) is 63.1 Å². The Bertz CT molecular complexity index is 4520. The summed E-state index contributed by atoms with van der Waals surface area (Å²) in [6.07, 6.45) is 2.05. The van der Waals surface area contributed by atoms with Crippen molar-refractivity contribution in [3.63, 3.8) is 0 Å². The molecule has 1 fully saturated rings. The highest BCUT2D eigenvalue weighted by Crippen LogP contribution is 2.44. The standard InChI is InChI=1S/C79H74F2N6O14S3/c1-52-36-39-86(74-62(52)37-44-102-74)38-20-25-56-48-103-75-67(73(89)87(75)68(56)76(90)97-47-53-32-34-61(94-4)35-33-53)83-65(88)45-60-49-104(78(82-60)84-79(57-26-14-7-15-27-57,58-28-16-8-17-29-58)59-30-18-9-19-31-59)85-101-70(77(91)100-69(54-21-10-5-11-22-54)55-23-12-6-13-24-55)63-46-64(80)71(98-50-95-42-40-92-2)72(66(63)81)99-51-96-43-41-93-3/h5-37,39,44,46,49,67,69-70,75H,38,40-43,45,47-48,50-51H2,1-4H3,(H-,82,83,84,88)/p+1/t67-,70?,75?,104?/m0/s1. The molecule has 0 saturated carbocycles. The van der Waals surface area contributed by atoms with Gasteiger partial charge in [0.25, 0.3) is 10.7 Å². The van der Waals surface area contributed by atoms with Gasteiger partial charge in [-0.25, -0.2) is 28.2 Å². The second-order valence-electron chi connectivity index (χ2n) is 23.9. The topological polar surface area (TPSA) is 216 Å². The number of thiophene rings is 1. The predicted molar refractivity (Wildman–Crippen MR) is 391 cm³/mol. The Hall–Kier alpha value is -10.2. The zero-order valence-corrected chi connectivity index (χ0v) is 59.7. The Kier molecular flexibility index (Phi) is 25.0. The van der Waals surface area contributed by atoms with Gasteiger partial charge in [-0.05, 0) is 87.2 Å². The number of halogens is 2. The minimum absolute atomic E-state index is 0.0133. The molecular formula is C79H75F2N6O14S3+. The van der Waals surface area contributed by atoms with Gasteiger partial charge in [0.2, 0.25) is 23.5 Å². The normalized spacial score (nSPS) is 16.0. The number of allylic oxidation sites excluding steroid dienone is 2. The van der Waals surface area contributed by atoms with E-state index in [0.29, 0.717) is 40.3 Å². The van der Waals surface area contributed by atoms with E-state index in [1.54, 1.807) is 109 Å². The third-order valence-corrected chi connectivity index (χ3v) is 20.8. The lowest BCUT2D eigenvalue weighted by atomic mass is 9.77. The number of rotatable bonds is 33. The Morgan fingerprint density at radius 2 is 1.36 bits per heavy atom. The molecule has 0 aliphatic carbocycles. The highest BCUT2D eigenvalue weighted by Gasteiger charge is 2.54. The number of β-lactam (4-membered cyclic amide) rings is 1. The van der Waals surface area contributed by atoms with Crippen LogP contribution in [0.25, 0.3) is 10.2 Å². The molecule has 2 amide bonds. The van der Waals surface area contributed by atoms with Gasteiger partial charge in [0.05, 0.1) is 51.0 Å². The van der Waals surface area contributed by atoms with Crippen molar-refractivity contribution in [2.24, 2.45) is 9.52 Å². The first-order valence-electron chi connectivity index (χ1n) is 33.2. The Labute approximate surface area is 610 Å². The fourth-order valence-electron chi connectivity index (χ4n) is 12.0. The lowest BCUT2D eigenvalue weighted by molar-refractivity contribution is -0.659. The Morgan fingerprint density at radius 3 is 1.95 bits per heavy atom. The SMILES string of the molecule is COCCOCOc1c(F)cc(C(ON=S2C=C(CC(=O)N[C@H]3C(=O)N4C(C(=O)OCc5ccc(OC)cc5)=C(C=CC[n+]5ccc(C)c6ccsc65)CSC34)N=C2NC(c2ccccc2)(c2ccccc2)c2ccccc2)C(=O)OC(c2ccccc2)c2ccccc2)c(F)c1OCOCCOC. The van der Waals surface area contributed by atoms with Crippen LogP contribution in [0.15, 0.2) is 250 Å². The van der Waals surface area contributed by atoms with Crippen molar-refractivity contribution < 1.29 is 80.0 Å². The molecule has 25 heteroatoms. The number of amidine groups is 1. The van der Waals surface area contributed by atoms with Gasteiger partial charge in [0.1, 0.15) is 35.0 Å². The molecule has 2 aromatic heterocycles. The average molecular weight is 1470 g/mol. The molecule has 3 aliphatic rings. The van der Waals surface area contributed by atoms with Crippen LogP contribution in [0.5, 0.6) is 17.2 Å². The predicted octanol–water partition coefficient (Wildman–Crippen LogP) is 12.7. The first-order chi connectivity index (χ1) is 50.9. The molecule has 12 rings (SSSR count). The fraction of sp³-hybridized carbons (Fsp3) is 0.241. The molecule has 3 aliphatic heterocycles. The van der Waals surface area contributed by atoms with Gasteiger partial charge in [-0.2, -0.15) is 4.57 Å². The zero-order chi connectivity index (χ0) is 72.4. The summed E-state index contributed by atoms with van der Waals surface area (Å²) in [5.41, 5.74) is 3.99. The molecule has 536 valence electrons. The van der Waals surface area contributed by atoms with Gasteiger partial charge in [-0.1, -0.05) is 186 Å². The Morgan fingerprint density at radius 1 is 0.760 bits per heavy atom. The molecule has 3 unspecified atom stereocenters. The van der Waals surface area contributed by atoms with Gasteiger partial charge in [-0.15, -0.1) is 11.8 Å². The summed E-state index contributed by atoms with van der Waals surface area (Å²) < 4.78 is 92.1. The number of amides is 2. The monoisotopic (exact) mass is 1470 g/mol.